The van der Waals surface area contributed by atoms with Crippen LogP contribution >= 0.6 is 0 Å². The zero-order valence-electron chi connectivity index (χ0n) is 25.5. The van der Waals surface area contributed by atoms with Crippen molar-refractivity contribution in [3.8, 4) is 5.75 Å². The lowest BCUT2D eigenvalue weighted by Gasteiger charge is -2.15. The fourth-order valence-corrected chi connectivity index (χ4v) is 4.85. The first-order valence-electron chi connectivity index (χ1n) is 13.9. The molecule has 0 heterocycles. The Morgan fingerprint density at radius 3 is 1.61 bits per heavy atom. The van der Waals surface area contributed by atoms with Crippen molar-refractivity contribution in [2.75, 3.05) is 14.2 Å². The molecular weight excluding hydrogens is 706 g/mol. The summed E-state index contributed by atoms with van der Waals surface area (Å²) in [6.07, 6.45) is -0.774. The van der Waals surface area contributed by atoms with Crippen molar-refractivity contribution in [2.45, 2.75) is 56.4 Å². The van der Waals surface area contributed by atoms with Crippen LogP contribution in [0.5, 0.6) is 5.75 Å². The highest BCUT2D eigenvalue weighted by atomic mass is 32.2. The van der Waals surface area contributed by atoms with Crippen LogP contribution in [0.3, 0.4) is 0 Å². The first-order valence-corrected chi connectivity index (χ1v) is 15.3. The number of hydrogen-bond donors (Lipinski definition) is 2. The van der Waals surface area contributed by atoms with E-state index in [2.05, 4.69) is 13.7 Å². The molecule has 0 saturated heterocycles. The number of halogens is 9. The van der Waals surface area contributed by atoms with E-state index in [-0.39, 0.29) is 23.3 Å². The average Bonchev–Trinajstić information content (AvgIpc) is 3.74. The van der Waals surface area contributed by atoms with Crippen LogP contribution in [0.4, 0.5) is 39.5 Å². The molecule has 49 heavy (non-hydrogen) atoms. The number of methoxy groups -OCH3 is 2. The van der Waals surface area contributed by atoms with Crippen molar-refractivity contribution in [3.05, 3.63) is 81.8 Å². The normalized spacial score (nSPS) is 14.7. The van der Waals surface area contributed by atoms with Crippen LogP contribution in [0.2, 0.25) is 0 Å². The lowest BCUT2D eigenvalue weighted by molar-refractivity contribution is -0.139. The number of esters is 2. The topological polar surface area (TPSA) is 136 Å². The highest BCUT2D eigenvalue weighted by molar-refractivity contribution is 7.88. The van der Waals surface area contributed by atoms with E-state index < -0.39 is 69.5 Å². The molecule has 2 N–H and O–H groups in total. The predicted molar refractivity (Wildman–Crippen MR) is 155 cm³/mol. The van der Waals surface area contributed by atoms with E-state index in [1.54, 1.807) is 6.08 Å². The number of carbonyl (C=O) groups is 2. The molecule has 2 aliphatic carbocycles. The van der Waals surface area contributed by atoms with E-state index in [9.17, 15) is 57.5 Å². The molecule has 0 amide bonds. The number of alkyl halides is 9. The van der Waals surface area contributed by atoms with Crippen molar-refractivity contribution in [3.63, 3.8) is 0 Å². The third-order valence-electron chi connectivity index (χ3n) is 6.73. The van der Waals surface area contributed by atoms with Gasteiger partial charge in [0.2, 0.25) is 0 Å². The summed E-state index contributed by atoms with van der Waals surface area (Å²) in [5.74, 6) is -3.51. The van der Waals surface area contributed by atoms with Gasteiger partial charge in [0.25, 0.3) is 0 Å². The van der Waals surface area contributed by atoms with Gasteiger partial charge in [-0.2, -0.15) is 47.9 Å². The lowest BCUT2D eigenvalue weighted by Crippen LogP contribution is -2.29. The van der Waals surface area contributed by atoms with E-state index in [0.29, 0.717) is 18.1 Å². The standard InChI is InChI=1S/C14H13F3O2.C10H6F6O5S.C5H9BO2/c1-19-13(18)10-6-7-12(14(15,16)17)11(8-10)9-4-2-3-5-9;1-20-8(17)5-2-3-6(9(11,12)13)7(4-5)21-22(18,19)10(14,15)16;7-6(8)5-3-1-2-4-5/h4,6-8H,2-3,5H2,1H3;2-4H,1H3;3,7-8H,1-2,4H2. The number of carbonyl (C=O) groups excluding carboxylic acids is 2. The van der Waals surface area contributed by atoms with Crippen LogP contribution in [0.25, 0.3) is 5.57 Å². The summed E-state index contributed by atoms with van der Waals surface area (Å²) < 4.78 is 147. The second kappa shape index (κ2) is 16.6. The first kappa shape index (κ1) is 41.1. The molecule has 2 aromatic carbocycles. The zero-order valence-corrected chi connectivity index (χ0v) is 26.3. The van der Waals surface area contributed by atoms with Crippen LogP contribution in [-0.2, 0) is 31.9 Å². The maximum Gasteiger partial charge on any atom is 0.534 e. The van der Waals surface area contributed by atoms with Gasteiger partial charge >= 0.3 is 47.0 Å². The quantitative estimate of drug-likeness (QED) is 0.107. The maximum atomic E-state index is 13.0. The Morgan fingerprint density at radius 1 is 0.735 bits per heavy atom. The smallest absolute Gasteiger partial charge is 0.465 e. The summed E-state index contributed by atoms with van der Waals surface area (Å²) in [7, 11) is -5.46. The molecule has 270 valence electrons. The van der Waals surface area contributed by atoms with Crippen LogP contribution in [0.15, 0.2) is 54.0 Å². The third-order valence-corrected chi connectivity index (χ3v) is 7.70. The average molecular weight is 734 g/mol. The summed E-state index contributed by atoms with van der Waals surface area (Å²) in [4.78, 5) is 22.6. The van der Waals surface area contributed by atoms with Crippen LogP contribution in [0, 0.1) is 0 Å². The minimum atomic E-state index is -6.33. The van der Waals surface area contributed by atoms with Gasteiger partial charge in [0.15, 0.2) is 5.75 Å². The molecular formula is C29H28BF9O9S. The molecule has 0 unspecified atom stereocenters. The fourth-order valence-electron chi connectivity index (χ4n) is 4.38. The number of benzene rings is 2. The summed E-state index contributed by atoms with van der Waals surface area (Å²) in [6, 6.07) is 4.35. The van der Waals surface area contributed by atoms with Gasteiger partial charge in [-0.15, -0.1) is 0 Å². The Kier molecular flexibility index (Phi) is 13.9. The molecule has 0 bridgehead atoms. The van der Waals surface area contributed by atoms with Gasteiger partial charge in [-0.3, -0.25) is 0 Å². The molecule has 9 nitrogen and oxygen atoms in total. The Hall–Kier alpha value is -4.04. The lowest BCUT2D eigenvalue weighted by atomic mass is 9.79. The van der Waals surface area contributed by atoms with E-state index >= 15 is 0 Å². The Balaban J connectivity index is 0.000000279. The molecule has 2 aliphatic rings. The van der Waals surface area contributed by atoms with Gasteiger partial charge in [0.05, 0.1) is 36.5 Å². The summed E-state index contributed by atoms with van der Waals surface area (Å²) in [5, 5.41) is 17.1. The van der Waals surface area contributed by atoms with Crippen molar-refractivity contribution < 1.29 is 81.2 Å². The molecule has 0 radical (unpaired) electrons. The van der Waals surface area contributed by atoms with Crippen molar-refractivity contribution in [2.24, 2.45) is 0 Å². The number of allylic oxidation sites excluding steroid dienone is 4. The van der Waals surface area contributed by atoms with Gasteiger partial charge in [-0.1, -0.05) is 12.2 Å². The minimum Gasteiger partial charge on any atom is -0.465 e. The van der Waals surface area contributed by atoms with Gasteiger partial charge in [-0.25, -0.2) is 9.59 Å². The molecule has 0 spiro atoms. The second-order valence-corrected chi connectivity index (χ2v) is 11.6. The predicted octanol–water partition coefficient (Wildman–Crippen LogP) is 6.89. The number of hydrogen-bond acceptors (Lipinski definition) is 9. The zero-order chi connectivity index (χ0) is 37.4. The molecule has 2 aromatic rings. The molecule has 0 saturated carbocycles. The Morgan fingerprint density at radius 2 is 1.22 bits per heavy atom. The van der Waals surface area contributed by atoms with Crippen LogP contribution < -0.4 is 4.18 Å². The van der Waals surface area contributed by atoms with Crippen molar-refractivity contribution in [1.29, 1.82) is 0 Å². The fraction of sp³-hybridized carbons (Fsp3) is 0.379. The minimum absolute atomic E-state index is 0.0906. The summed E-state index contributed by atoms with van der Waals surface area (Å²) in [6.45, 7) is 0. The number of rotatable bonds is 6. The molecule has 0 atom stereocenters. The van der Waals surface area contributed by atoms with E-state index in [1.807, 2.05) is 6.08 Å². The largest absolute Gasteiger partial charge is 0.534 e. The summed E-state index contributed by atoms with van der Waals surface area (Å²) in [5.41, 5.74) is -7.39. The molecule has 0 fully saturated rings. The molecule has 0 aliphatic heterocycles. The van der Waals surface area contributed by atoms with Crippen molar-refractivity contribution >= 4 is 34.7 Å². The van der Waals surface area contributed by atoms with E-state index in [4.69, 9.17) is 10.0 Å². The number of ether oxygens (including phenoxy) is 2. The van der Waals surface area contributed by atoms with Gasteiger partial charge in [0.1, 0.15) is 0 Å². The maximum absolute atomic E-state index is 13.0. The summed E-state index contributed by atoms with van der Waals surface area (Å²) >= 11 is 0. The highest BCUT2D eigenvalue weighted by Gasteiger charge is 2.50. The van der Waals surface area contributed by atoms with E-state index in [0.717, 1.165) is 56.8 Å². The van der Waals surface area contributed by atoms with Gasteiger partial charge in [-0.05, 0) is 91.5 Å². The van der Waals surface area contributed by atoms with Gasteiger partial charge in [0, 0.05) is 0 Å². The monoisotopic (exact) mass is 734 g/mol. The highest BCUT2D eigenvalue weighted by Crippen LogP contribution is 2.40. The van der Waals surface area contributed by atoms with Crippen molar-refractivity contribution in [1.82, 2.24) is 0 Å². The van der Waals surface area contributed by atoms with E-state index in [1.165, 1.54) is 13.2 Å². The first-order chi connectivity index (χ1) is 22.5. The SMILES string of the molecule is COC(=O)c1ccc(C(F)(F)F)c(C2=CCCC2)c1.COC(=O)c1ccc(C(F)(F)F)c(OS(=O)(=O)C(F)(F)F)c1.OB(O)C1=CCCC1. The third kappa shape index (κ3) is 11.5. The molecule has 4 rings (SSSR count). The Bertz CT molecular complexity index is 1660. The van der Waals surface area contributed by atoms with Crippen LogP contribution in [0.1, 0.15) is 75.9 Å². The molecule has 0 aromatic heterocycles. The van der Waals surface area contributed by atoms with Gasteiger partial charge < -0.3 is 23.7 Å². The second-order valence-electron chi connectivity index (χ2n) is 10.1. The Labute approximate surface area is 274 Å². The van der Waals surface area contributed by atoms with Crippen LogP contribution in [-0.4, -0.2) is 57.3 Å². The molecule has 20 heteroatoms.